The van der Waals surface area contributed by atoms with Gasteiger partial charge in [-0.1, -0.05) is 18.2 Å². The smallest absolute Gasteiger partial charge is 0.194 e. The number of hydrogen-bond acceptors (Lipinski definition) is 2. The lowest BCUT2D eigenvalue weighted by atomic mass is 10.3. The highest BCUT2D eigenvalue weighted by atomic mass is 16.6. The lowest BCUT2D eigenvalue weighted by Gasteiger charge is -2.06. The minimum Gasteiger partial charge on any atom is -0.465 e. The van der Waals surface area contributed by atoms with E-state index in [1.807, 2.05) is 18.2 Å². The van der Waals surface area contributed by atoms with Crippen LogP contribution >= 0.6 is 0 Å². The lowest BCUT2D eigenvalue weighted by Crippen LogP contribution is -2.08. The van der Waals surface area contributed by atoms with E-state index in [1.54, 1.807) is 19.1 Å². The van der Waals surface area contributed by atoms with Crippen LogP contribution in [-0.4, -0.2) is 27.8 Å². The van der Waals surface area contributed by atoms with Crippen LogP contribution in [0.3, 0.4) is 0 Å². The molecule has 0 aliphatic rings. The van der Waals surface area contributed by atoms with Gasteiger partial charge in [0.1, 0.15) is 5.75 Å². The van der Waals surface area contributed by atoms with E-state index >= 15 is 0 Å². The summed E-state index contributed by atoms with van der Waals surface area (Å²) in [5.74, 6) is 0.692. The van der Waals surface area contributed by atoms with Crippen molar-refractivity contribution < 1.29 is 26.3 Å². The van der Waals surface area contributed by atoms with Crippen LogP contribution in [0, 0.1) is 0 Å². The third-order valence-electron chi connectivity index (χ3n) is 1.05. The van der Waals surface area contributed by atoms with Gasteiger partial charge in [-0.3, -0.25) is 0 Å². The van der Waals surface area contributed by atoms with E-state index in [9.17, 15) is 0 Å². The van der Waals surface area contributed by atoms with Crippen LogP contribution in [0.15, 0.2) is 30.3 Å². The molecule has 0 fully saturated rings. The molecule has 0 heterocycles. The largest absolute Gasteiger partial charge is 0.465 e. The Morgan fingerprint density at radius 1 is 1.08 bits per heavy atom. The standard InChI is InChI=1S/C8H10O2.3H2O/c1-7(9)10-8-5-3-2-4-6-8;;;/h2-7,9H,1H3;3*1H2. The highest BCUT2D eigenvalue weighted by Crippen LogP contribution is 2.08. The first kappa shape index (κ1) is 17.8. The van der Waals surface area contributed by atoms with E-state index in [4.69, 9.17) is 9.84 Å². The summed E-state index contributed by atoms with van der Waals surface area (Å²) in [4.78, 5) is 0. The molecule has 1 unspecified atom stereocenters. The molecular formula is C8H16O5. The van der Waals surface area contributed by atoms with Crippen LogP contribution in [0.5, 0.6) is 5.75 Å². The quantitative estimate of drug-likeness (QED) is 0.599. The van der Waals surface area contributed by atoms with Gasteiger partial charge in [0.25, 0.3) is 0 Å². The van der Waals surface area contributed by atoms with Crippen molar-refractivity contribution >= 4 is 0 Å². The zero-order valence-electron chi connectivity index (χ0n) is 7.32. The molecule has 0 radical (unpaired) electrons. The lowest BCUT2D eigenvalue weighted by molar-refractivity contribution is -0.000288. The summed E-state index contributed by atoms with van der Waals surface area (Å²) in [7, 11) is 0. The van der Waals surface area contributed by atoms with Crippen LogP contribution in [-0.2, 0) is 0 Å². The monoisotopic (exact) mass is 192 g/mol. The van der Waals surface area contributed by atoms with Gasteiger partial charge >= 0.3 is 0 Å². The van der Waals surface area contributed by atoms with E-state index in [2.05, 4.69) is 0 Å². The van der Waals surface area contributed by atoms with Crippen molar-refractivity contribution in [2.45, 2.75) is 13.2 Å². The zero-order valence-corrected chi connectivity index (χ0v) is 7.32. The highest BCUT2D eigenvalue weighted by molar-refractivity contribution is 5.20. The summed E-state index contributed by atoms with van der Waals surface area (Å²) in [5, 5.41) is 8.78. The van der Waals surface area contributed by atoms with Crippen LogP contribution in [0.25, 0.3) is 0 Å². The van der Waals surface area contributed by atoms with Crippen LogP contribution in [0.1, 0.15) is 6.92 Å². The maximum atomic E-state index is 8.78. The van der Waals surface area contributed by atoms with Gasteiger partial charge in [-0.25, -0.2) is 0 Å². The van der Waals surface area contributed by atoms with Crippen molar-refractivity contribution in [3.8, 4) is 5.75 Å². The molecule has 0 aromatic heterocycles. The van der Waals surface area contributed by atoms with Gasteiger partial charge in [-0.2, -0.15) is 0 Å². The second kappa shape index (κ2) is 8.95. The van der Waals surface area contributed by atoms with Gasteiger partial charge in [0.15, 0.2) is 6.29 Å². The Morgan fingerprint density at radius 3 is 1.92 bits per heavy atom. The van der Waals surface area contributed by atoms with Crippen molar-refractivity contribution in [1.82, 2.24) is 0 Å². The summed E-state index contributed by atoms with van der Waals surface area (Å²) in [6.07, 6.45) is -0.734. The van der Waals surface area contributed by atoms with Crippen molar-refractivity contribution in [3.63, 3.8) is 0 Å². The molecular weight excluding hydrogens is 176 g/mol. The minimum absolute atomic E-state index is 0. The summed E-state index contributed by atoms with van der Waals surface area (Å²) in [6.45, 7) is 1.58. The molecule has 1 aromatic carbocycles. The number of ether oxygens (including phenoxy) is 1. The third kappa shape index (κ3) is 7.23. The second-order valence-electron chi connectivity index (χ2n) is 2.03. The molecule has 0 aliphatic heterocycles. The Bertz CT molecular complexity index is 187. The molecule has 0 saturated carbocycles. The summed E-state index contributed by atoms with van der Waals surface area (Å²) in [5.41, 5.74) is 0. The topological polar surface area (TPSA) is 124 Å². The number of aliphatic hydroxyl groups excluding tert-OH is 1. The van der Waals surface area contributed by atoms with Crippen LogP contribution < -0.4 is 4.74 Å². The Hall–Kier alpha value is -1.14. The van der Waals surface area contributed by atoms with E-state index in [1.165, 1.54) is 0 Å². The molecule has 13 heavy (non-hydrogen) atoms. The number of aliphatic hydroxyl groups is 1. The summed E-state index contributed by atoms with van der Waals surface area (Å²) >= 11 is 0. The van der Waals surface area contributed by atoms with Crippen LogP contribution in [0.2, 0.25) is 0 Å². The predicted octanol–water partition coefficient (Wildman–Crippen LogP) is -1.07. The van der Waals surface area contributed by atoms with E-state index < -0.39 is 6.29 Å². The molecule has 5 heteroatoms. The van der Waals surface area contributed by atoms with E-state index in [0.717, 1.165) is 0 Å². The average molecular weight is 192 g/mol. The van der Waals surface area contributed by atoms with Gasteiger partial charge in [0.2, 0.25) is 0 Å². The number of para-hydroxylation sites is 1. The molecule has 5 nitrogen and oxygen atoms in total. The Morgan fingerprint density at radius 2 is 1.54 bits per heavy atom. The van der Waals surface area contributed by atoms with Gasteiger partial charge < -0.3 is 26.3 Å². The fourth-order valence-corrected chi connectivity index (χ4v) is 0.696. The first-order valence-corrected chi connectivity index (χ1v) is 3.19. The zero-order chi connectivity index (χ0) is 7.40. The molecule has 1 atom stereocenters. The van der Waals surface area contributed by atoms with E-state index in [-0.39, 0.29) is 16.4 Å². The number of hydrogen-bond donors (Lipinski definition) is 1. The fourth-order valence-electron chi connectivity index (χ4n) is 0.696. The molecule has 7 N–H and O–H groups in total. The minimum atomic E-state index is -0.734. The van der Waals surface area contributed by atoms with Crippen molar-refractivity contribution in [1.29, 1.82) is 0 Å². The van der Waals surface area contributed by atoms with Crippen molar-refractivity contribution in [3.05, 3.63) is 30.3 Å². The first-order chi connectivity index (χ1) is 4.79. The fraction of sp³-hybridized carbons (Fsp3) is 0.250. The third-order valence-corrected chi connectivity index (χ3v) is 1.05. The maximum Gasteiger partial charge on any atom is 0.194 e. The van der Waals surface area contributed by atoms with Gasteiger partial charge in [-0.15, -0.1) is 0 Å². The Kier molecular flexibility index (Phi) is 12.3. The molecule has 1 aromatic rings. The highest BCUT2D eigenvalue weighted by Gasteiger charge is 1.94. The van der Waals surface area contributed by atoms with Gasteiger partial charge in [0, 0.05) is 0 Å². The predicted molar refractivity (Wildman–Crippen MR) is 49.6 cm³/mol. The molecule has 78 valence electrons. The number of rotatable bonds is 2. The number of benzene rings is 1. The van der Waals surface area contributed by atoms with Gasteiger partial charge in [0.05, 0.1) is 0 Å². The second-order valence-corrected chi connectivity index (χ2v) is 2.03. The van der Waals surface area contributed by atoms with Gasteiger partial charge in [-0.05, 0) is 19.1 Å². The SMILES string of the molecule is CC(O)Oc1ccccc1.O.O.O. The molecule has 0 bridgehead atoms. The van der Waals surface area contributed by atoms with Crippen molar-refractivity contribution in [2.75, 3.05) is 0 Å². The molecule has 0 aliphatic carbocycles. The van der Waals surface area contributed by atoms with Crippen LogP contribution in [0.4, 0.5) is 0 Å². The molecule has 0 saturated heterocycles. The molecule has 1 rings (SSSR count). The average Bonchev–Trinajstić information content (AvgIpc) is 1.88. The Labute approximate surface area is 76.5 Å². The molecule has 0 spiro atoms. The first-order valence-electron chi connectivity index (χ1n) is 3.19. The normalized spacial score (nSPS) is 9.69. The van der Waals surface area contributed by atoms with Crippen molar-refractivity contribution in [2.24, 2.45) is 0 Å². The maximum absolute atomic E-state index is 8.78. The van der Waals surface area contributed by atoms with E-state index in [0.29, 0.717) is 5.75 Å². The summed E-state index contributed by atoms with van der Waals surface area (Å²) < 4.78 is 4.97. The Balaban J connectivity index is -0.000000333. The summed E-state index contributed by atoms with van der Waals surface area (Å²) in [6, 6.07) is 9.21. The molecule has 0 amide bonds.